The van der Waals surface area contributed by atoms with Gasteiger partial charge in [-0.3, -0.25) is 4.98 Å². The van der Waals surface area contributed by atoms with Gasteiger partial charge in [0.15, 0.2) is 4.67 Å². The molecule has 0 unspecified atom stereocenters. The molecule has 2 heterocycles. The van der Waals surface area contributed by atoms with E-state index in [1.54, 1.807) is 0 Å². The monoisotopic (exact) mass is 280 g/mol. The summed E-state index contributed by atoms with van der Waals surface area (Å²) in [5, 5.41) is 3.33. The van der Waals surface area contributed by atoms with Crippen LogP contribution in [0.2, 0.25) is 0 Å². The number of halogens is 1. The van der Waals surface area contributed by atoms with Gasteiger partial charge >= 0.3 is 0 Å². The zero-order chi connectivity index (χ0) is 11.4. The van der Waals surface area contributed by atoms with Crippen LogP contribution in [0.25, 0.3) is 0 Å². The van der Waals surface area contributed by atoms with Crippen molar-refractivity contribution in [1.29, 1.82) is 0 Å². The Kier molecular flexibility index (Phi) is 3.74. The highest BCUT2D eigenvalue weighted by molar-refractivity contribution is 9.10. The van der Waals surface area contributed by atoms with Crippen molar-refractivity contribution in [3.63, 3.8) is 0 Å². The summed E-state index contributed by atoms with van der Waals surface area (Å²) in [6, 6.07) is 5.88. The molecule has 0 amide bonds. The lowest BCUT2D eigenvalue weighted by Gasteiger charge is -2.05. The fourth-order valence-electron chi connectivity index (χ4n) is 1.47. The molecule has 0 saturated heterocycles. The number of furan rings is 1. The number of aromatic nitrogens is 1. The average molecular weight is 281 g/mol. The first kappa shape index (κ1) is 11.4. The summed E-state index contributed by atoms with van der Waals surface area (Å²) < 4.78 is 6.16. The van der Waals surface area contributed by atoms with Crippen LogP contribution in [0, 0.1) is 6.92 Å². The number of aryl methyl sites for hydroxylation is 1. The van der Waals surface area contributed by atoms with Crippen LogP contribution in [0.5, 0.6) is 0 Å². The van der Waals surface area contributed by atoms with E-state index in [1.807, 2.05) is 30.6 Å². The third-order valence-electron chi connectivity index (χ3n) is 2.38. The quantitative estimate of drug-likeness (QED) is 0.936. The van der Waals surface area contributed by atoms with Gasteiger partial charge in [0.1, 0.15) is 5.76 Å². The molecule has 1 N–H and O–H groups in total. The van der Waals surface area contributed by atoms with Gasteiger partial charge < -0.3 is 9.73 Å². The van der Waals surface area contributed by atoms with Gasteiger partial charge in [-0.1, -0.05) is 0 Å². The molecule has 0 aliphatic heterocycles. The summed E-state index contributed by atoms with van der Waals surface area (Å²) in [7, 11) is 0. The van der Waals surface area contributed by atoms with E-state index in [2.05, 4.69) is 33.2 Å². The van der Waals surface area contributed by atoms with Crippen molar-refractivity contribution < 1.29 is 4.42 Å². The normalized spacial score (nSPS) is 10.6. The lowest BCUT2D eigenvalue weighted by Crippen LogP contribution is -2.13. The Balaban J connectivity index is 1.87. The van der Waals surface area contributed by atoms with Gasteiger partial charge in [0.2, 0.25) is 0 Å². The standard InChI is InChI=1S/C12H13BrN2O/c1-9-6-14-5-4-10(9)7-15-8-11-2-3-12(13)16-11/h2-6,15H,7-8H2,1H3. The predicted octanol–water partition coefficient (Wildman–Crippen LogP) is 3.04. The Morgan fingerprint density at radius 3 is 2.88 bits per heavy atom. The van der Waals surface area contributed by atoms with Crippen LogP contribution in [-0.4, -0.2) is 4.98 Å². The Bertz CT molecular complexity index is 468. The predicted molar refractivity (Wildman–Crippen MR) is 65.9 cm³/mol. The molecule has 3 nitrogen and oxygen atoms in total. The summed E-state index contributed by atoms with van der Waals surface area (Å²) in [6.07, 6.45) is 3.69. The zero-order valence-electron chi connectivity index (χ0n) is 9.03. The van der Waals surface area contributed by atoms with Gasteiger partial charge in [0.25, 0.3) is 0 Å². The topological polar surface area (TPSA) is 38.1 Å². The highest BCUT2D eigenvalue weighted by atomic mass is 79.9. The van der Waals surface area contributed by atoms with Gasteiger partial charge in [-0.05, 0) is 52.2 Å². The maximum atomic E-state index is 5.39. The number of pyridine rings is 1. The van der Waals surface area contributed by atoms with Crippen LogP contribution in [0.15, 0.2) is 39.7 Å². The first-order chi connectivity index (χ1) is 7.75. The van der Waals surface area contributed by atoms with E-state index in [-0.39, 0.29) is 0 Å². The molecule has 0 saturated carbocycles. The molecule has 2 aromatic rings. The first-order valence-corrected chi connectivity index (χ1v) is 5.89. The average Bonchev–Trinajstić information content (AvgIpc) is 2.67. The Labute approximate surface area is 103 Å². The second-order valence-corrected chi connectivity index (χ2v) is 4.39. The van der Waals surface area contributed by atoms with Crippen molar-refractivity contribution in [1.82, 2.24) is 10.3 Å². The second kappa shape index (κ2) is 5.27. The minimum Gasteiger partial charge on any atom is -0.453 e. The van der Waals surface area contributed by atoms with E-state index >= 15 is 0 Å². The summed E-state index contributed by atoms with van der Waals surface area (Å²) in [4.78, 5) is 4.06. The third-order valence-corrected chi connectivity index (χ3v) is 2.81. The Morgan fingerprint density at radius 1 is 1.31 bits per heavy atom. The van der Waals surface area contributed by atoms with Gasteiger partial charge in [0, 0.05) is 18.9 Å². The minimum atomic E-state index is 0.730. The van der Waals surface area contributed by atoms with E-state index in [0.29, 0.717) is 0 Å². The van der Waals surface area contributed by atoms with E-state index in [1.165, 1.54) is 11.1 Å². The lowest BCUT2D eigenvalue weighted by atomic mass is 10.1. The molecule has 0 spiro atoms. The van der Waals surface area contributed by atoms with Crippen LogP contribution in [0.4, 0.5) is 0 Å². The molecule has 2 rings (SSSR count). The van der Waals surface area contributed by atoms with E-state index < -0.39 is 0 Å². The number of rotatable bonds is 4. The molecule has 16 heavy (non-hydrogen) atoms. The zero-order valence-corrected chi connectivity index (χ0v) is 10.6. The third kappa shape index (κ3) is 2.93. The first-order valence-electron chi connectivity index (χ1n) is 5.10. The van der Waals surface area contributed by atoms with Gasteiger partial charge in [-0.25, -0.2) is 0 Å². The molecule has 0 aliphatic carbocycles. The maximum absolute atomic E-state index is 5.39. The van der Waals surface area contributed by atoms with Crippen molar-refractivity contribution in [2.75, 3.05) is 0 Å². The van der Waals surface area contributed by atoms with Crippen molar-refractivity contribution in [3.8, 4) is 0 Å². The molecular formula is C12H13BrN2O. The van der Waals surface area contributed by atoms with Crippen molar-refractivity contribution in [2.24, 2.45) is 0 Å². The molecule has 0 atom stereocenters. The van der Waals surface area contributed by atoms with Crippen molar-refractivity contribution in [3.05, 3.63) is 52.1 Å². The lowest BCUT2D eigenvalue weighted by molar-refractivity contribution is 0.465. The molecule has 4 heteroatoms. The fourth-order valence-corrected chi connectivity index (χ4v) is 1.81. The summed E-state index contributed by atoms with van der Waals surface area (Å²) in [6.45, 7) is 3.62. The van der Waals surface area contributed by atoms with Crippen LogP contribution >= 0.6 is 15.9 Å². The number of hydrogen-bond acceptors (Lipinski definition) is 3. The molecule has 0 bridgehead atoms. The van der Waals surface area contributed by atoms with Crippen LogP contribution in [0.1, 0.15) is 16.9 Å². The number of hydrogen-bond donors (Lipinski definition) is 1. The minimum absolute atomic E-state index is 0.730. The van der Waals surface area contributed by atoms with Gasteiger partial charge in [-0.15, -0.1) is 0 Å². The highest BCUT2D eigenvalue weighted by Gasteiger charge is 2.00. The fraction of sp³-hybridized carbons (Fsp3) is 0.250. The molecule has 0 fully saturated rings. The largest absolute Gasteiger partial charge is 0.453 e. The van der Waals surface area contributed by atoms with Crippen molar-refractivity contribution >= 4 is 15.9 Å². The van der Waals surface area contributed by atoms with Crippen molar-refractivity contribution in [2.45, 2.75) is 20.0 Å². The smallest absolute Gasteiger partial charge is 0.169 e. The van der Waals surface area contributed by atoms with Crippen LogP contribution < -0.4 is 5.32 Å². The second-order valence-electron chi connectivity index (χ2n) is 3.61. The Hall–Kier alpha value is -1.13. The highest BCUT2D eigenvalue weighted by Crippen LogP contribution is 2.13. The van der Waals surface area contributed by atoms with Gasteiger partial charge in [0.05, 0.1) is 6.54 Å². The SMILES string of the molecule is Cc1cnccc1CNCc1ccc(Br)o1. The van der Waals surface area contributed by atoms with Crippen LogP contribution in [-0.2, 0) is 13.1 Å². The number of nitrogens with one attached hydrogen (secondary N) is 1. The molecule has 2 aromatic heterocycles. The summed E-state index contributed by atoms with van der Waals surface area (Å²) in [5.41, 5.74) is 2.47. The van der Waals surface area contributed by atoms with Gasteiger partial charge in [-0.2, -0.15) is 0 Å². The molecular weight excluding hydrogens is 268 g/mol. The van der Waals surface area contributed by atoms with Crippen LogP contribution in [0.3, 0.4) is 0 Å². The summed E-state index contributed by atoms with van der Waals surface area (Å²) in [5.74, 6) is 0.929. The molecule has 84 valence electrons. The maximum Gasteiger partial charge on any atom is 0.169 e. The molecule has 0 aliphatic rings. The Morgan fingerprint density at radius 2 is 2.19 bits per heavy atom. The summed E-state index contributed by atoms with van der Waals surface area (Å²) >= 11 is 3.28. The molecule has 0 radical (unpaired) electrons. The number of nitrogens with zero attached hydrogens (tertiary/aromatic N) is 1. The molecule has 0 aromatic carbocycles. The van der Waals surface area contributed by atoms with E-state index in [9.17, 15) is 0 Å². The van der Waals surface area contributed by atoms with E-state index in [0.717, 1.165) is 23.5 Å². The van der Waals surface area contributed by atoms with E-state index in [4.69, 9.17) is 4.42 Å².